The van der Waals surface area contributed by atoms with Crippen LogP contribution in [0.15, 0.2) is 24.3 Å². The molecule has 1 aliphatic heterocycles. The minimum atomic E-state index is -0.428. The van der Waals surface area contributed by atoms with E-state index in [4.69, 9.17) is 4.74 Å². The van der Waals surface area contributed by atoms with Crippen molar-refractivity contribution in [2.75, 3.05) is 31.7 Å². The summed E-state index contributed by atoms with van der Waals surface area (Å²) in [6.07, 6.45) is 7.73. The molecule has 1 aromatic carbocycles. The first-order chi connectivity index (χ1) is 12.0. The standard InChI is InChI=1S/C22H35NO2/c1-18(2)22(24)12-10-21(11-13-22)14-15-23(17-21)20-8-6-19(7-9-20)5-4-16-25-3/h6-9,18,24H,4-5,10-17H2,1-3H3/t21-,22+. The number of aliphatic hydroxyl groups is 1. The van der Waals surface area contributed by atoms with Crippen LogP contribution in [0.1, 0.15) is 57.9 Å². The average Bonchev–Trinajstić information content (AvgIpc) is 3.03. The minimum absolute atomic E-state index is 0.369. The topological polar surface area (TPSA) is 32.7 Å². The number of methoxy groups -OCH3 is 1. The van der Waals surface area contributed by atoms with Gasteiger partial charge in [-0.15, -0.1) is 0 Å². The van der Waals surface area contributed by atoms with Crippen molar-refractivity contribution in [1.82, 2.24) is 0 Å². The molecule has 3 rings (SSSR count). The van der Waals surface area contributed by atoms with E-state index in [-0.39, 0.29) is 0 Å². The van der Waals surface area contributed by atoms with E-state index in [1.165, 1.54) is 30.5 Å². The van der Waals surface area contributed by atoms with Gasteiger partial charge in [0.1, 0.15) is 0 Å². The number of hydrogen-bond donors (Lipinski definition) is 1. The summed E-state index contributed by atoms with van der Waals surface area (Å²) in [5, 5.41) is 10.8. The van der Waals surface area contributed by atoms with Crippen LogP contribution in [0.3, 0.4) is 0 Å². The van der Waals surface area contributed by atoms with Gasteiger partial charge in [0.2, 0.25) is 0 Å². The molecule has 1 N–H and O–H groups in total. The summed E-state index contributed by atoms with van der Waals surface area (Å²) in [5.41, 5.74) is 2.76. The number of nitrogens with zero attached hydrogens (tertiary/aromatic N) is 1. The van der Waals surface area contributed by atoms with Crippen molar-refractivity contribution in [2.45, 2.75) is 64.4 Å². The smallest absolute Gasteiger partial charge is 0.0671 e. The van der Waals surface area contributed by atoms with Crippen LogP contribution in [0.2, 0.25) is 0 Å². The molecule has 0 aromatic heterocycles. The Morgan fingerprint density at radius 1 is 1.08 bits per heavy atom. The van der Waals surface area contributed by atoms with Crippen molar-refractivity contribution in [1.29, 1.82) is 0 Å². The zero-order valence-electron chi connectivity index (χ0n) is 16.3. The zero-order chi connectivity index (χ0) is 17.9. The fraction of sp³-hybridized carbons (Fsp3) is 0.727. The molecule has 1 saturated heterocycles. The lowest BCUT2D eigenvalue weighted by Crippen LogP contribution is -2.43. The number of rotatable bonds is 6. The Kier molecular flexibility index (Phi) is 5.75. The van der Waals surface area contributed by atoms with Gasteiger partial charge in [-0.25, -0.2) is 0 Å². The summed E-state index contributed by atoms with van der Waals surface area (Å²) in [6, 6.07) is 9.12. The molecule has 2 aliphatic rings. The van der Waals surface area contributed by atoms with Crippen LogP contribution >= 0.6 is 0 Å². The molecule has 0 bridgehead atoms. The Bertz CT molecular complexity index is 544. The zero-order valence-corrected chi connectivity index (χ0v) is 16.3. The molecule has 1 spiro atoms. The van der Waals surface area contributed by atoms with E-state index in [2.05, 4.69) is 43.0 Å². The van der Waals surface area contributed by atoms with Crippen molar-refractivity contribution in [2.24, 2.45) is 11.3 Å². The molecule has 1 heterocycles. The Morgan fingerprint density at radius 2 is 1.76 bits per heavy atom. The van der Waals surface area contributed by atoms with Gasteiger partial charge in [0, 0.05) is 32.5 Å². The highest BCUT2D eigenvalue weighted by Crippen LogP contribution is 2.49. The highest BCUT2D eigenvalue weighted by atomic mass is 16.5. The quantitative estimate of drug-likeness (QED) is 0.775. The van der Waals surface area contributed by atoms with E-state index in [9.17, 15) is 5.11 Å². The van der Waals surface area contributed by atoms with Gasteiger partial charge in [-0.1, -0.05) is 26.0 Å². The van der Waals surface area contributed by atoms with Gasteiger partial charge >= 0.3 is 0 Å². The van der Waals surface area contributed by atoms with Crippen LogP contribution in [-0.2, 0) is 11.2 Å². The normalized spacial score (nSPS) is 29.7. The van der Waals surface area contributed by atoms with Crippen LogP contribution in [0, 0.1) is 11.3 Å². The fourth-order valence-electron chi connectivity index (χ4n) is 4.65. The number of hydrogen-bond acceptors (Lipinski definition) is 3. The molecule has 1 aromatic rings. The van der Waals surface area contributed by atoms with E-state index >= 15 is 0 Å². The van der Waals surface area contributed by atoms with Crippen LogP contribution in [0.5, 0.6) is 0 Å². The first-order valence-corrected chi connectivity index (χ1v) is 10.0. The molecular formula is C22H35NO2. The highest BCUT2D eigenvalue weighted by Gasteiger charge is 2.46. The Labute approximate surface area is 153 Å². The first kappa shape index (κ1) is 18.7. The van der Waals surface area contributed by atoms with Gasteiger partial charge in [0.25, 0.3) is 0 Å². The lowest BCUT2D eigenvalue weighted by atomic mass is 9.65. The van der Waals surface area contributed by atoms with E-state index in [0.29, 0.717) is 11.3 Å². The third-order valence-corrected chi connectivity index (χ3v) is 6.80. The Morgan fingerprint density at radius 3 is 2.36 bits per heavy atom. The maximum Gasteiger partial charge on any atom is 0.0671 e. The monoisotopic (exact) mass is 345 g/mol. The predicted octanol–water partition coefficient (Wildman–Crippen LogP) is 4.42. The number of aryl methyl sites for hydroxylation is 1. The molecule has 3 heteroatoms. The second-order valence-electron chi connectivity index (χ2n) is 8.69. The van der Waals surface area contributed by atoms with E-state index < -0.39 is 5.60 Å². The third-order valence-electron chi connectivity index (χ3n) is 6.80. The van der Waals surface area contributed by atoms with Gasteiger partial charge in [-0.3, -0.25) is 0 Å². The summed E-state index contributed by atoms with van der Waals surface area (Å²) in [6.45, 7) is 7.46. The van der Waals surface area contributed by atoms with E-state index in [0.717, 1.165) is 45.4 Å². The van der Waals surface area contributed by atoms with Crippen molar-refractivity contribution in [3.8, 4) is 0 Å². The van der Waals surface area contributed by atoms with Crippen molar-refractivity contribution in [3.63, 3.8) is 0 Å². The summed E-state index contributed by atoms with van der Waals surface area (Å²) in [5.74, 6) is 0.369. The van der Waals surface area contributed by atoms with Gasteiger partial charge in [0.15, 0.2) is 0 Å². The maximum atomic E-state index is 10.8. The second kappa shape index (κ2) is 7.67. The fourth-order valence-corrected chi connectivity index (χ4v) is 4.65. The Balaban J connectivity index is 1.56. The lowest BCUT2D eigenvalue weighted by molar-refractivity contribution is -0.0634. The number of ether oxygens (including phenoxy) is 1. The molecule has 1 aliphatic carbocycles. The van der Waals surface area contributed by atoms with Crippen molar-refractivity contribution >= 4 is 5.69 Å². The van der Waals surface area contributed by atoms with Gasteiger partial charge < -0.3 is 14.7 Å². The number of benzene rings is 1. The van der Waals surface area contributed by atoms with Gasteiger partial charge in [-0.2, -0.15) is 0 Å². The third kappa shape index (κ3) is 4.20. The van der Waals surface area contributed by atoms with E-state index in [1.54, 1.807) is 7.11 Å². The molecule has 0 atom stereocenters. The molecule has 25 heavy (non-hydrogen) atoms. The van der Waals surface area contributed by atoms with Gasteiger partial charge in [0.05, 0.1) is 5.60 Å². The van der Waals surface area contributed by atoms with Crippen LogP contribution in [0.25, 0.3) is 0 Å². The molecule has 1 saturated carbocycles. The first-order valence-electron chi connectivity index (χ1n) is 10.0. The number of anilines is 1. The Hall–Kier alpha value is -1.06. The molecule has 3 nitrogen and oxygen atoms in total. The summed E-state index contributed by atoms with van der Waals surface area (Å²) < 4.78 is 5.14. The highest BCUT2D eigenvalue weighted by molar-refractivity contribution is 5.49. The largest absolute Gasteiger partial charge is 0.390 e. The predicted molar refractivity (Wildman–Crippen MR) is 104 cm³/mol. The summed E-state index contributed by atoms with van der Waals surface area (Å²) in [7, 11) is 1.76. The second-order valence-corrected chi connectivity index (χ2v) is 8.69. The molecular weight excluding hydrogens is 310 g/mol. The van der Waals surface area contributed by atoms with Crippen LogP contribution in [-0.4, -0.2) is 37.5 Å². The molecule has 140 valence electrons. The molecule has 0 amide bonds. The van der Waals surface area contributed by atoms with Crippen molar-refractivity contribution in [3.05, 3.63) is 29.8 Å². The average molecular weight is 346 g/mol. The van der Waals surface area contributed by atoms with Crippen LogP contribution in [0.4, 0.5) is 5.69 Å². The van der Waals surface area contributed by atoms with Crippen molar-refractivity contribution < 1.29 is 9.84 Å². The molecule has 0 radical (unpaired) electrons. The SMILES string of the molecule is COCCCc1ccc(N2CC[C@]3(CC[C@@](O)(C(C)C)CC3)C2)cc1. The lowest BCUT2D eigenvalue weighted by Gasteiger charge is -2.44. The maximum absolute atomic E-state index is 10.8. The summed E-state index contributed by atoms with van der Waals surface area (Å²) in [4.78, 5) is 2.55. The molecule has 2 fully saturated rings. The van der Waals surface area contributed by atoms with Crippen LogP contribution < -0.4 is 4.90 Å². The van der Waals surface area contributed by atoms with E-state index in [1.807, 2.05) is 0 Å². The summed E-state index contributed by atoms with van der Waals surface area (Å²) >= 11 is 0. The minimum Gasteiger partial charge on any atom is -0.390 e. The molecule has 0 unspecified atom stereocenters. The van der Waals surface area contributed by atoms with Gasteiger partial charge in [-0.05, 0) is 74.0 Å².